The predicted octanol–water partition coefficient (Wildman–Crippen LogP) is 0.781. The normalized spacial score (nSPS) is 12.5. The number of aromatic amines is 1. The molecule has 0 aliphatic rings. The minimum atomic E-state index is -1.61. The van der Waals surface area contributed by atoms with E-state index in [4.69, 9.17) is 9.84 Å². The number of esters is 1. The summed E-state index contributed by atoms with van der Waals surface area (Å²) in [7, 11) is 0. The van der Waals surface area contributed by atoms with Crippen LogP contribution in [0.15, 0.2) is 24.4 Å². The van der Waals surface area contributed by atoms with Crippen LogP contribution in [-0.4, -0.2) is 99.3 Å². The number of fused-ring (bicyclic) bond motifs is 1. The van der Waals surface area contributed by atoms with Crippen molar-refractivity contribution in [3.05, 3.63) is 30.0 Å². The lowest BCUT2D eigenvalue weighted by Crippen LogP contribution is -2.48. The Bertz CT molecular complexity index is 1360. The molecular formula is C29H41N5O10S. The van der Waals surface area contributed by atoms with Gasteiger partial charge in [-0.15, -0.1) is 0 Å². The Hall–Kier alpha value is -4.31. The van der Waals surface area contributed by atoms with E-state index >= 15 is 0 Å². The number of aromatic nitrogens is 1. The van der Waals surface area contributed by atoms with Gasteiger partial charge in [-0.2, -0.15) is 0 Å². The zero-order valence-corrected chi connectivity index (χ0v) is 26.3. The highest BCUT2D eigenvalue weighted by atomic mass is 32.2. The lowest BCUT2D eigenvalue weighted by Gasteiger charge is -2.29. The number of hydrogen-bond acceptors (Lipinski definition) is 10. The zero-order valence-electron chi connectivity index (χ0n) is 25.4. The highest BCUT2D eigenvalue weighted by molar-refractivity contribution is 8.13. The number of carboxylic acids is 1. The molecule has 0 spiro atoms. The summed E-state index contributed by atoms with van der Waals surface area (Å²) in [4.78, 5) is 74.3. The maximum Gasteiger partial charge on any atom is 0.328 e. The first-order chi connectivity index (χ1) is 21.2. The van der Waals surface area contributed by atoms with E-state index in [0.29, 0.717) is 18.7 Å². The summed E-state index contributed by atoms with van der Waals surface area (Å²) in [6.07, 6.45) is 0.155. The molecule has 0 saturated heterocycles. The van der Waals surface area contributed by atoms with Crippen molar-refractivity contribution in [2.45, 2.75) is 58.6 Å². The second-order valence-electron chi connectivity index (χ2n) is 10.9. The molecule has 45 heavy (non-hydrogen) atoms. The molecule has 1 aromatic heterocycles. The molecule has 2 rings (SSSR count). The maximum atomic E-state index is 12.4. The molecule has 1 aromatic carbocycles. The van der Waals surface area contributed by atoms with Gasteiger partial charge in [0, 0.05) is 67.7 Å². The highest BCUT2D eigenvalue weighted by Gasteiger charge is 2.36. The largest absolute Gasteiger partial charge is 0.508 e. The Labute approximate surface area is 264 Å². The smallest absolute Gasteiger partial charge is 0.328 e. The molecule has 0 radical (unpaired) electrons. The van der Waals surface area contributed by atoms with Crippen LogP contribution < -0.4 is 21.3 Å². The van der Waals surface area contributed by atoms with E-state index in [-0.39, 0.29) is 49.2 Å². The van der Waals surface area contributed by atoms with Crippen LogP contribution >= 0.6 is 11.8 Å². The molecule has 0 aliphatic heterocycles. The van der Waals surface area contributed by atoms with Gasteiger partial charge in [0.15, 0.2) is 0 Å². The number of aliphatic hydroxyl groups excluding tert-OH is 1. The van der Waals surface area contributed by atoms with Crippen molar-refractivity contribution in [3.8, 4) is 5.75 Å². The molecule has 0 bridgehead atoms. The van der Waals surface area contributed by atoms with Gasteiger partial charge in [0.05, 0.1) is 6.61 Å². The molecule has 2 aromatic rings. The maximum absolute atomic E-state index is 12.4. The number of amides is 4. The fourth-order valence-corrected chi connectivity index (χ4v) is 4.69. The highest BCUT2D eigenvalue weighted by Crippen LogP contribution is 2.23. The van der Waals surface area contributed by atoms with E-state index in [2.05, 4.69) is 26.3 Å². The average molecular weight is 652 g/mol. The van der Waals surface area contributed by atoms with Gasteiger partial charge >= 0.3 is 11.9 Å². The third kappa shape index (κ3) is 13.1. The number of aromatic hydroxyl groups is 1. The van der Waals surface area contributed by atoms with Crippen LogP contribution in [0.4, 0.5) is 4.79 Å². The van der Waals surface area contributed by atoms with Crippen LogP contribution in [0.1, 0.15) is 45.6 Å². The predicted molar refractivity (Wildman–Crippen MR) is 165 cm³/mol. The number of hydrogen-bond donors (Lipinski definition) is 8. The fraction of sp³-hybridized carbons (Fsp3) is 0.517. The number of carbonyl (C=O) groups is 6. The topological polar surface area (TPSA) is 236 Å². The molecular weight excluding hydrogens is 610 g/mol. The number of phenols is 1. The number of benzene rings is 1. The van der Waals surface area contributed by atoms with Crippen molar-refractivity contribution in [1.29, 1.82) is 0 Å². The quantitative estimate of drug-likeness (QED) is 0.0828. The lowest BCUT2D eigenvalue weighted by atomic mass is 9.87. The summed E-state index contributed by atoms with van der Waals surface area (Å²) in [6, 6.07) is 3.84. The number of thioether (sulfide) groups is 1. The third-order valence-corrected chi connectivity index (χ3v) is 7.42. The van der Waals surface area contributed by atoms with Crippen LogP contribution in [0.3, 0.4) is 0 Å². The number of carbonyl (C=O) groups excluding carboxylic acids is 5. The molecule has 8 N–H and O–H groups in total. The summed E-state index contributed by atoms with van der Waals surface area (Å²) in [5.41, 5.74) is 0.612. The summed E-state index contributed by atoms with van der Waals surface area (Å²) in [5, 5.41) is 39.8. The Morgan fingerprint density at radius 3 is 2.44 bits per heavy atom. The summed E-state index contributed by atoms with van der Waals surface area (Å²) in [5.74, 6) is -3.26. The monoisotopic (exact) mass is 651 g/mol. The van der Waals surface area contributed by atoms with Crippen molar-refractivity contribution in [3.63, 3.8) is 0 Å². The second kappa shape index (κ2) is 17.9. The minimum absolute atomic E-state index is 0.0728. The van der Waals surface area contributed by atoms with Crippen LogP contribution in [-0.2, 0) is 35.1 Å². The van der Waals surface area contributed by atoms with E-state index in [9.17, 15) is 39.0 Å². The van der Waals surface area contributed by atoms with E-state index in [1.54, 1.807) is 18.2 Å². The molecule has 248 valence electrons. The van der Waals surface area contributed by atoms with Gasteiger partial charge in [-0.25, -0.2) is 4.79 Å². The van der Waals surface area contributed by atoms with Gasteiger partial charge in [0.25, 0.3) is 5.24 Å². The van der Waals surface area contributed by atoms with E-state index < -0.39 is 47.9 Å². The van der Waals surface area contributed by atoms with Crippen LogP contribution in [0.5, 0.6) is 5.75 Å². The number of nitrogens with one attached hydrogen (secondary N) is 5. The van der Waals surface area contributed by atoms with Gasteiger partial charge < -0.3 is 46.3 Å². The molecule has 16 heteroatoms. The average Bonchev–Trinajstić information content (AvgIpc) is 3.37. The number of H-pyrrole nitrogens is 1. The molecule has 0 fully saturated rings. The molecule has 1 heterocycles. The van der Waals surface area contributed by atoms with Crippen molar-refractivity contribution >= 4 is 57.6 Å². The Morgan fingerprint density at radius 2 is 1.76 bits per heavy atom. The first-order valence-electron chi connectivity index (χ1n) is 14.3. The number of carboxylic acid groups (broad SMARTS) is 1. The van der Waals surface area contributed by atoms with Crippen molar-refractivity contribution < 1.29 is 48.8 Å². The first-order valence-corrected chi connectivity index (χ1v) is 15.3. The molecule has 2 atom stereocenters. The van der Waals surface area contributed by atoms with Crippen molar-refractivity contribution in [2.75, 3.05) is 32.0 Å². The minimum Gasteiger partial charge on any atom is -0.508 e. The second-order valence-corrected chi connectivity index (χ2v) is 12.0. The lowest BCUT2D eigenvalue weighted by molar-refractivity contribution is -0.156. The zero-order chi connectivity index (χ0) is 33.6. The Kier molecular flexibility index (Phi) is 14.6. The van der Waals surface area contributed by atoms with Crippen LogP contribution in [0.2, 0.25) is 0 Å². The Balaban J connectivity index is 1.62. The first kappa shape index (κ1) is 36.9. The number of ether oxygens (including phenoxy) is 1. The Morgan fingerprint density at radius 1 is 1.02 bits per heavy atom. The van der Waals surface area contributed by atoms with Gasteiger partial charge in [-0.05, 0) is 36.6 Å². The third-order valence-electron chi connectivity index (χ3n) is 6.61. The van der Waals surface area contributed by atoms with E-state index in [1.165, 1.54) is 20.8 Å². The standard InChI is InChI=1S/C29H41N5O10S/c1-17(35)34-22(6-7-24(38)39)27(42)44-16-29(2,3)25(40)26(41)31-11-9-23(37)30-12-13-45-28(43)32-10-8-18-15-33-21-5-4-19(36)14-20(18)21/h4-5,14-15,22,25,33,36,40H,6-13,16H2,1-3H3,(H,30,37)(H,31,41)(H,32,43)(H,34,35)(H,38,39)/t22-,25-/m0/s1. The van der Waals surface area contributed by atoms with Crippen LogP contribution in [0.25, 0.3) is 10.9 Å². The number of aliphatic hydroxyl groups is 1. The van der Waals surface area contributed by atoms with Gasteiger partial charge in [-0.1, -0.05) is 25.6 Å². The summed E-state index contributed by atoms with van der Waals surface area (Å²) in [6.45, 7) is 4.27. The molecule has 0 aliphatic carbocycles. The summed E-state index contributed by atoms with van der Waals surface area (Å²) >= 11 is 1.01. The van der Waals surface area contributed by atoms with Gasteiger partial charge in [-0.3, -0.25) is 24.0 Å². The number of aliphatic carboxylic acids is 1. The SMILES string of the molecule is CC(=O)N[C@@H](CCC(=O)O)C(=O)OCC(C)(C)[C@@H](O)C(=O)NCCC(=O)NCCSC(=O)NCCc1c[nH]c2ccc(O)cc12. The molecule has 15 nitrogen and oxygen atoms in total. The van der Waals surface area contributed by atoms with Crippen LogP contribution in [0, 0.1) is 5.41 Å². The summed E-state index contributed by atoms with van der Waals surface area (Å²) < 4.78 is 5.15. The molecule has 0 unspecified atom stereocenters. The van der Waals surface area contributed by atoms with Crippen molar-refractivity contribution in [2.24, 2.45) is 5.41 Å². The molecule has 4 amide bonds. The fourth-order valence-electron chi connectivity index (χ4n) is 4.10. The molecule has 0 saturated carbocycles. The van der Waals surface area contributed by atoms with E-state index in [0.717, 1.165) is 28.2 Å². The number of rotatable bonds is 18. The van der Waals surface area contributed by atoms with Gasteiger partial charge in [0.1, 0.15) is 17.9 Å². The van der Waals surface area contributed by atoms with Gasteiger partial charge in [0.2, 0.25) is 17.7 Å². The van der Waals surface area contributed by atoms with E-state index in [1.807, 2.05) is 6.20 Å². The number of phenolic OH excluding ortho intramolecular Hbond substituents is 1. The van der Waals surface area contributed by atoms with Crippen molar-refractivity contribution in [1.82, 2.24) is 26.3 Å².